The van der Waals surface area contributed by atoms with Gasteiger partial charge in [0.2, 0.25) is 15.5 Å². The molecule has 0 aliphatic carbocycles. The number of benzene rings is 1. The van der Waals surface area contributed by atoms with Crippen LogP contribution in [-0.2, 0) is 10.0 Å². The summed E-state index contributed by atoms with van der Waals surface area (Å²) < 4.78 is 27.0. The highest BCUT2D eigenvalue weighted by atomic mass is 32.2. The van der Waals surface area contributed by atoms with Gasteiger partial charge in [0.05, 0.1) is 4.90 Å². The van der Waals surface area contributed by atoms with Gasteiger partial charge in [-0.2, -0.15) is 4.31 Å². The average Bonchev–Trinajstić information content (AvgIpc) is 2.75. The van der Waals surface area contributed by atoms with E-state index in [-0.39, 0.29) is 15.8 Å². The lowest BCUT2D eigenvalue weighted by molar-refractivity contribution is 0.0937. The van der Waals surface area contributed by atoms with E-state index in [0.29, 0.717) is 31.2 Å². The Hall–Kier alpha value is -2.23. The maximum absolute atomic E-state index is 13.0. The summed E-state index contributed by atoms with van der Waals surface area (Å²) in [5.74, 6) is -0.454. The molecule has 1 saturated heterocycles. The van der Waals surface area contributed by atoms with Gasteiger partial charge in [-0.15, -0.1) is 0 Å². The van der Waals surface area contributed by atoms with Crippen molar-refractivity contribution < 1.29 is 13.2 Å². The first-order valence-corrected chi connectivity index (χ1v) is 12.4. The lowest BCUT2D eigenvalue weighted by Crippen LogP contribution is -2.42. The average molecular weight is 449 g/mol. The van der Waals surface area contributed by atoms with Gasteiger partial charge >= 0.3 is 0 Å². The molecule has 1 aromatic carbocycles. The maximum Gasteiger partial charge on any atom is 0.256 e. The summed E-state index contributed by atoms with van der Waals surface area (Å²) in [7, 11) is -3.70. The van der Waals surface area contributed by atoms with Crippen LogP contribution in [0.3, 0.4) is 0 Å². The number of aromatic amines is 1. The number of fused-ring (bicyclic) bond motifs is 1. The Morgan fingerprint density at radius 1 is 1.26 bits per heavy atom. The fraction of sp³-hybridized carbons (Fsp3) is 0.545. The number of piperidine rings is 1. The summed E-state index contributed by atoms with van der Waals surface area (Å²) in [5.41, 5.74) is -0.00652. The number of amides is 1. The maximum atomic E-state index is 13.0. The number of H-pyrrole nitrogens is 1. The number of carbonyl (C=O) groups excluding carboxylic acids is 1. The zero-order valence-corrected chi connectivity index (χ0v) is 19.3. The lowest BCUT2D eigenvalue weighted by Gasteiger charge is -2.33. The summed E-state index contributed by atoms with van der Waals surface area (Å²) in [6.45, 7) is 8.62. The van der Waals surface area contributed by atoms with Crippen LogP contribution in [0, 0.1) is 0 Å². The predicted octanol–water partition coefficient (Wildman–Crippen LogP) is 2.16. The third-order valence-corrected chi connectivity index (χ3v) is 8.11. The Labute approximate surface area is 183 Å². The molecular weight excluding hydrogens is 416 g/mol. The summed E-state index contributed by atoms with van der Waals surface area (Å²) in [6.07, 6.45) is 4.96. The third kappa shape index (κ3) is 4.99. The van der Waals surface area contributed by atoms with Crippen LogP contribution in [0.5, 0.6) is 0 Å². The molecule has 31 heavy (non-hydrogen) atoms. The largest absolute Gasteiger partial charge is 0.360 e. The summed E-state index contributed by atoms with van der Waals surface area (Å²) in [4.78, 5) is 31.0. The minimum atomic E-state index is -3.70. The Balaban J connectivity index is 1.81. The van der Waals surface area contributed by atoms with Crippen LogP contribution in [0.15, 0.2) is 34.1 Å². The van der Waals surface area contributed by atoms with Gasteiger partial charge in [-0.3, -0.25) is 14.5 Å². The van der Waals surface area contributed by atoms with Gasteiger partial charge < -0.3 is 10.3 Å². The lowest BCUT2D eigenvalue weighted by atomic mass is 10.0. The Morgan fingerprint density at radius 3 is 2.68 bits per heavy atom. The molecule has 3 rings (SSSR count). The van der Waals surface area contributed by atoms with Gasteiger partial charge in [0.1, 0.15) is 5.56 Å². The minimum Gasteiger partial charge on any atom is -0.360 e. The van der Waals surface area contributed by atoms with Crippen molar-refractivity contribution in [3.63, 3.8) is 0 Å². The molecule has 0 saturated carbocycles. The standard InChI is InChI=1S/C22H32N4O4S/c1-4-26(5-2)31(29,30)17-9-10-20-18(14-17)21(27)19(15-24-20)22(28)23-11-13-25-12-7-6-8-16(25)3/h9-10,14-16H,4-8,11-13H2,1-3H3,(H,23,28)(H,24,27). The molecule has 2 aromatic rings. The van der Waals surface area contributed by atoms with Crippen molar-refractivity contribution in [3.8, 4) is 0 Å². The highest BCUT2D eigenvalue weighted by Gasteiger charge is 2.23. The van der Waals surface area contributed by atoms with Gasteiger partial charge in [0.15, 0.2) is 0 Å². The molecule has 0 spiro atoms. The molecule has 1 aromatic heterocycles. The predicted molar refractivity (Wildman–Crippen MR) is 122 cm³/mol. The molecule has 1 aliphatic heterocycles. The highest BCUT2D eigenvalue weighted by molar-refractivity contribution is 7.89. The Morgan fingerprint density at radius 2 is 2.00 bits per heavy atom. The van der Waals surface area contributed by atoms with Crippen molar-refractivity contribution >= 4 is 26.8 Å². The number of hydrogen-bond donors (Lipinski definition) is 2. The first-order chi connectivity index (χ1) is 14.8. The van der Waals surface area contributed by atoms with Gasteiger partial charge in [-0.1, -0.05) is 20.3 Å². The van der Waals surface area contributed by atoms with E-state index >= 15 is 0 Å². The molecule has 1 aliphatic rings. The van der Waals surface area contributed by atoms with E-state index in [9.17, 15) is 18.0 Å². The number of sulfonamides is 1. The molecule has 0 radical (unpaired) electrons. The molecule has 1 amide bonds. The van der Waals surface area contributed by atoms with E-state index < -0.39 is 21.4 Å². The molecule has 8 nitrogen and oxygen atoms in total. The molecule has 170 valence electrons. The molecule has 0 bridgehead atoms. The fourth-order valence-corrected chi connectivity index (χ4v) is 5.62. The molecule has 9 heteroatoms. The van der Waals surface area contributed by atoms with Gasteiger partial charge in [0, 0.05) is 49.3 Å². The smallest absolute Gasteiger partial charge is 0.256 e. The SMILES string of the molecule is CCN(CC)S(=O)(=O)c1ccc2[nH]cc(C(=O)NCCN3CCCCC3C)c(=O)c2c1. The van der Waals surface area contributed by atoms with Crippen molar-refractivity contribution in [3.05, 3.63) is 40.2 Å². The van der Waals surface area contributed by atoms with Crippen LogP contribution in [0.4, 0.5) is 0 Å². The van der Waals surface area contributed by atoms with Crippen molar-refractivity contribution in [2.24, 2.45) is 0 Å². The molecule has 2 N–H and O–H groups in total. The molecule has 1 unspecified atom stereocenters. The van der Waals surface area contributed by atoms with E-state index in [2.05, 4.69) is 22.1 Å². The topological polar surface area (TPSA) is 103 Å². The third-order valence-electron chi connectivity index (χ3n) is 6.07. The zero-order valence-electron chi connectivity index (χ0n) is 18.5. The first-order valence-electron chi connectivity index (χ1n) is 11.0. The zero-order chi connectivity index (χ0) is 22.6. The van der Waals surface area contributed by atoms with Crippen LogP contribution in [0.25, 0.3) is 10.9 Å². The molecular formula is C22H32N4O4S. The minimum absolute atomic E-state index is 0.0171. The number of nitrogens with zero attached hydrogens (tertiary/aromatic N) is 2. The molecule has 2 heterocycles. The van der Waals surface area contributed by atoms with E-state index in [4.69, 9.17) is 0 Å². The first kappa shape index (κ1) is 23.4. The Bertz CT molecular complexity index is 1090. The summed E-state index contributed by atoms with van der Waals surface area (Å²) in [5, 5.41) is 3.01. The molecule has 1 fully saturated rings. The number of pyridine rings is 1. The van der Waals surface area contributed by atoms with Crippen LogP contribution in [0.2, 0.25) is 0 Å². The van der Waals surface area contributed by atoms with Gasteiger partial charge in [-0.05, 0) is 44.5 Å². The quantitative estimate of drug-likeness (QED) is 0.644. The van der Waals surface area contributed by atoms with Gasteiger partial charge in [0.25, 0.3) is 5.91 Å². The van der Waals surface area contributed by atoms with Crippen LogP contribution in [-0.4, -0.2) is 67.3 Å². The van der Waals surface area contributed by atoms with Gasteiger partial charge in [-0.25, -0.2) is 8.42 Å². The van der Waals surface area contributed by atoms with E-state index in [1.54, 1.807) is 19.9 Å². The van der Waals surface area contributed by atoms with E-state index in [0.717, 1.165) is 19.5 Å². The number of aromatic nitrogens is 1. The highest BCUT2D eigenvalue weighted by Crippen LogP contribution is 2.19. The number of likely N-dealkylation sites (tertiary alicyclic amines) is 1. The van der Waals surface area contributed by atoms with Crippen LogP contribution >= 0.6 is 0 Å². The number of rotatable bonds is 8. The normalized spacial score (nSPS) is 17.9. The second-order valence-electron chi connectivity index (χ2n) is 7.96. The monoisotopic (exact) mass is 448 g/mol. The second kappa shape index (κ2) is 9.93. The number of carbonyl (C=O) groups is 1. The van der Waals surface area contributed by atoms with Crippen LogP contribution < -0.4 is 10.7 Å². The summed E-state index contributed by atoms with van der Waals surface area (Å²) >= 11 is 0. The van der Waals surface area contributed by atoms with Crippen molar-refractivity contribution in [1.82, 2.24) is 19.5 Å². The molecule has 1 atom stereocenters. The fourth-order valence-electron chi connectivity index (χ4n) is 4.14. The number of nitrogens with one attached hydrogen (secondary N) is 2. The van der Waals surface area contributed by atoms with Crippen molar-refractivity contribution in [2.45, 2.75) is 51.0 Å². The number of hydrogen-bond acceptors (Lipinski definition) is 5. The summed E-state index contributed by atoms with van der Waals surface area (Å²) in [6, 6.07) is 4.90. The van der Waals surface area contributed by atoms with E-state index in [1.807, 2.05) is 0 Å². The Kier molecular flexibility index (Phi) is 7.51. The van der Waals surface area contributed by atoms with Crippen LogP contribution in [0.1, 0.15) is 50.4 Å². The van der Waals surface area contributed by atoms with Crippen molar-refractivity contribution in [1.29, 1.82) is 0 Å². The van der Waals surface area contributed by atoms with E-state index in [1.165, 1.54) is 35.5 Å². The van der Waals surface area contributed by atoms with Crippen molar-refractivity contribution in [2.75, 3.05) is 32.7 Å². The second-order valence-corrected chi connectivity index (χ2v) is 9.90.